The van der Waals surface area contributed by atoms with Crippen LogP contribution in [0.25, 0.3) is 0 Å². The Bertz CT molecular complexity index is 534. The largest absolute Gasteiger partial charge is 0.491 e. The van der Waals surface area contributed by atoms with Gasteiger partial charge in [-0.05, 0) is 49.1 Å². The number of amides is 1. The molecule has 1 amide bonds. The minimum atomic E-state index is -0.0616. The summed E-state index contributed by atoms with van der Waals surface area (Å²) in [4.78, 5) is 13.1. The molecule has 0 aliphatic heterocycles. The highest BCUT2D eigenvalue weighted by atomic mass is 32.1. The second kappa shape index (κ2) is 7.10. The van der Waals surface area contributed by atoms with Crippen LogP contribution in [0.2, 0.25) is 0 Å². The molecule has 1 aromatic carbocycles. The lowest BCUT2D eigenvalue weighted by molar-refractivity contribution is 0.0951. The third-order valence-corrected chi connectivity index (χ3v) is 3.91. The number of rotatable bonds is 6. The lowest BCUT2D eigenvalue weighted by Gasteiger charge is -2.12. The maximum absolute atomic E-state index is 12.0. The summed E-state index contributed by atoms with van der Waals surface area (Å²) in [5.74, 6) is 0.739. The van der Waals surface area contributed by atoms with Gasteiger partial charge in [0.2, 0.25) is 0 Å². The Labute approximate surface area is 123 Å². The number of benzene rings is 1. The molecule has 0 saturated carbocycles. The molecule has 1 atom stereocenters. The van der Waals surface area contributed by atoms with Crippen LogP contribution in [0.5, 0.6) is 5.75 Å². The van der Waals surface area contributed by atoms with Gasteiger partial charge in [0.25, 0.3) is 5.91 Å². The molecule has 0 bridgehead atoms. The van der Waals surface area contributed by atoms with E-state index in [0.717, 1.165) is 17.0 Å². The van der Waals surface area contributed by atoms with E-state index in [0.29, 0.717) is 12.1 Å². The lowest BCUT2D eigenvalue weighted by atomic mass is 10.2. The topological polar surface area (TPSA) is 38.3 Å². The van der Waals surface area contributed by atoms with Crippen LogP contribution < -0.4 is 10.1 Å². The predicted octanol–water partition coefficient (Wildman–Crippen LogP) is 3.86. The molecule has 1 unspecified atom stereocenters. The summed E-state index contributed by atoms with van der Waals surface area (Å²) in [5.41, 5.74) is 0.651. The normalized spacial score (nSPS) is 11.9. The summed E-state index contributed by atoms with van der Waals surface area (Å²) in [6.45, 7) is 4.68. The molecule has 0 spiro atoms. The van der Waals surface area contributed by atoms with E-state index in [1.54, 1.807) is 23.5 Å². The number of hydrogen-bond acceptors (Lipinski definition) is 3. The van der Waals surface area contributed by atoms with E-state index in [-0.39, 0.29) is 12.0 Å². The SMILES string of the molecule is CCC(C)Oc1ccc(C(=O)NCc2cccs2)cc1. The molecule has 2 aromatic rings. The van der Waals surface area contributed by atoms with E-state index < -0.39 is 0 Å². The average Bonchev–Trinajstić information content (AvgIpc) is 2.98. The van der Waals surface area contributed by atoms with Crippen molar-refractivity contribution in [2.75, 3.05) is 0 Å². The standard InChI is InChI=1S/C16H19NO2S/c1-3-12(2)19-14-8-6-13(7-9-14)16(18)17-11-15-5-4-10-20-15/h4-10,12H,3,11H2,1-2H3,(H,17,18). The quantitative estimate of drug-likeness (QED) is 0.877. The first kappa shape index (κ1) is 14.6. The second-order valence-corrected chi connectivity index (χ2v) is 5.66. The minimum absolute atomic E-state index is 0.0616. The van der Waals surface area contributed by atoms with Crippen LogP contribution in [-0.4, -0.2) is 12.0 Å². The van der Waals surface area contributed by atoms with Crippen molar-refractivity contribution in [3.8, 4) is 5.75 Å². The monoisotopic (exact) mass is 289 g/mol. The van der Waals surface area contributed by atoms with Gasteiger partial charge in [0.05, 0.1) is 12.6 Å². The molecule has 1 N–H and O–H groups in total. The number of ether oxygens (including phenoxy) is 1. The third kappa shape index (κ3) is 4.10. The summed E-state index contributed by atoms with van der Waals surface area (Å²) in [5, 5.41) is 4.91. The van der Waals surface area contributed by atoms with Crippen molar-refractivity contribution in [2.24, 2.45) is 0 Å². The Kier molecular flexibility index (Phi) is 5.18. The fraction of sp³-hybridized carbons (Fsp3) is 0.312. The summed E-state index contributed by atoms with van der Waals surface area (Å²) in [6, 6.07) is 11.3. The highest BCUT2D eigenvalue weighted by Gasteiger charge is 2.07. The number of thiophene rings is 1. The molecule has 0 fully saturated rings. The Balaban J connectivity index is 1.90. The molecule has 1 heterocycles. The zero-order valence-corrected chi connectivity index (χ0v) is 12.6. The molecular formula is C16H19NO2S. The fourth-order valence-electron chi connectivity index (χ4n) is 1.68. The van der Waals surface area contributed by atoms with Crippen molar-refractivity contribution in [2.45, 2.75) is 32.9 Å². The molecule has 2 rings (SSSR count). The van der Waals surface area contributed by atoms with E-state index >= 15 is 0 Å². The Morgan fingerprint density at radius 1 is 1.30 bits per heavy atom. The molecule has 0 aliphatic carbocycles. The number of carbonyl (C=O) groups is 1. The van der Waals surface area contributed by atoms with Crippen LogP contribution in [-0.2, 0) is 6.54 Å². The number of carbonyl (C=O) groups excluding carboxylic acids is 1. The van der Waals surface area contributed by atoms with Crippen molar-refractivity contribution >= 4 is 17.2 Å². The maximum atomic E-state index is 12.0. The number of nitrogens with one attached hydrogen (secondary N) is 1. The second-order valence-electron chi connectivity index (χ2n) is 4.62. The van der Waals surface area contributed by atoms with Gasteiger partial charge in [-0.25, -0.2) is 0 Å². The molecular weight excluding hydrogens is 270 g/mol. The molecule has 0 saturated heterocycles. The third-order valence-electron chi connectivity index (χ3n) is 3.03. The minimum Gasteiger partial charge on any atom is -0.491 e. The maximum Gasteiger partial charge on any atom is 0.251 e. The summed E-state index contributed by atoms with van der Waals surface area (Å²) in [7, 11) is 0. The summed E-state index contributed by atoms with van der Waals surface area (Å²) >= 11 is 1.64. The molecule has 106 valence electrons. The van der Waals surface area contributed by atoms with Crippen LogP contribution in [0.15, 0.2) is 41.8 Å². The smallest absolute Gasteiger partial charge is 0.251 e. The van der Waals surface area contributed by atoms with Gasteiger partial charge >= 0.3 is 0 Å². The Hall–Kier alpha value is -1.81. The van der Waals surface area contributed by atoms with E-state index in [9.17, 15) is 4.79 Å². The lowest BCUT2D eigenvalue weighted by Crippen LogP contribution is -2.22. The summed E-state index contributed by atoms with van der Waals surface area (Å²) in [6.07, 6.45) is 1.15. The molecule has 20 heavy (non-hydrogen) atoms. The highest BCUT2D eigenvalue weighted by Crippen LogP contribution is 2.15. The number of hydrogen-bond donors (Lipinski definition) is 1. The zero-order valence-electron chi connectivity index (χ0n) is 11.8. The van der Waals surface area contributed by atoms with E-state index in [4.69, 9.17) is 4.74 Å². The van der Waals surface area contributed by atoms with E-state index in [1.165, 1.54) is 0 Å². The van der Waals surface area contributed by atoms with Gasteiger partial charge in [-0.3, -0.25) is 4.79 Å². The van der Waals surface area contributed by atoms with Crippen LogP contribution in [0.4, 0.5) is 0 Å². The van der Waals surface area contributed by atoms with Crippen LogP contribution in [0.1, 0.15) is 35.5 Å². The van der Waals surface area contributed by atoms with Gasteiger partial charge in [-0.15, -0.1) is 11.3 Å². The van der Waals surface area contributed by atoms with Gasteiger partial charge in [-0.1, -0.05) is 13.0 Å². The summed E-state index contributed by atoms with van der Waals surface area (Å²) < 4.78 is 5.69. The van der Waals surface area contributed by atoms with Crippen LogP contribution >= 0.6 is 11.3 Å². The molecule has 3 nitrogen and oxygen atoms in total. The van der Waals surface area contributed by atoms with Crippen molar-refractivity contribution in [1.82, 2.24) is 5.32 Å². The molecule has 4 heteroatoms. The Morgan fingerprint density at radius 3 is 2.65 bits per heavy atom. The van der Waals surface area contributed by atoms with Gasteiger partial charge in [0.15, 0.2) is 0 Å². The van der Waals surface area contributed by atoms with Crippen LogP contribution in [0.3, 0.4) is 0 Å². The predicted molar refractivity (Wildman–Crippen MR) is 82.3 cm³/mol. The van der Waals surface area contributed by atoms with E-state index in [1.807, 2.05) is 36.6 Å². The van der Waals surface area contributed by atoms with Crippen LogP contribution in [0, 0.1) is 0 Å². The average molecular weight is 289 g/mol. The molecule has 0 radical (unpaired) electrons. The van der Waals surface area contributed by atoms with Crippen molar-refractivity contribution in [1.29, 1.82) is 0 Å². The first-order chi connectivity index (χ1) is 9.69. The first-order valence-corrected chi connectivity index (χ1v) is 7.64. The Morgan fingerprint density at radius 2 is 2.05 bits per heavy atom. The molecule has 0 aliphatic rings. The fourth-order valence-corrected chi connectivity index (χ4v) is 2.33. The van der Waals surface area contributed by atoms with Gasteiger partial charge in [0, 0.05) is 10.4 Å². The van der Waals surface area contributed by atoms with Gasteiger partial charge in [0.1, 0.15) is 5.75 Å². The van der Waals surface area contributed by atoms with Gasteiger partial charge < -0.3 is 10.1 Å². The van der Waals surface area contributed by atoms with Crippen molar-refractivity contribution < 1.29 is 9.53 Å². The van der Waals surface area contributed by atoms with Crippen molar-refractivity contribution in [3.05, 3.63) is 52.2 Å². The van der Waals surface area contributed by atoms with Crippen molar-refractivity contribution in [3.63, 3.8) is 0 Å². The first-order valence-electron chi connectivity index (χ1n) is 6.76. The molecule has 1 aromatic heterocycles. The zero-order chi connectivity index (χ0) is 14.4. The van der Waals surface area contributed by atoms with Gasteiger partial charge in [-0.2, -0.15) is 0 Å². The highest BCUT2D eigenvalue weighted by molar-refractivity contribution is 7.09. The van der Waals surface area contributed by atoms with E-state index in [2.05, 4.69) is 12.2 Å².